The second kappa shape index (κ2) is 76.6. The number of ether oxygens (including phenoxy) is 4. The van der Waals surface area contributed by atoms with Crippen LogP contribution in [0.25, 0.3) is 0 Å². The predicted octanol–water partition coefficient (Wildman–Crippen LogP) is 23.9. The lowest BCUT2D eigenvalue weighted by Crippen LogP contribution is -2.30. The molecule has 0 fully saturated rings. The van der Waals surface area contributed by atoms with Crippen molar-refractivity contribution in [2.75, 3.05) is 39.6 Å². The molecule has 0 heterocycles. The Morgan fingerprint density at radius 3 is 0.769 bits per heavy atom. The molecule has 0 rings (SSSR count). The summed E-state index contributed by atoms with van der Waals surface area (Å²) in [4.78, 5) is 73.1. The Bertz CT molecular complexity index is 2440. The Morgan fingerprint density at radius 2 is 0.500 bits per heavy atom. The predicted molar refractivity (Wildman–Crippen MR) is 427 cm³/mol. The van der Waals surface area contributed by atoms with Crippen molar-refractivity contribution >= 4 is 39.5 Å². The molecule has 0 aromatic carbocycles. The first-order chi connectivity index (χ1) is 50.7. The molecule has 0 radical (unpaired) electrons. The van der Waals surface area contributed by atoms with Gasteiger partial charge in [0.1, 0.15) is 19.3 Å². The molecule has 5 atom stereocenters. The molecule has 0 bridgehead atoms. The van der Waals surface area contributed by atoms with E-state index < -0.39 is 97.5 Å². The van der Waals surface area contributed by atoms with Crippen LogP contribution in [0.4, 0.5) is 0 Å². The van der Waals surface area contributed by atoms with Gasteiger partial charge in [0.2, 0.25) is 0 Å². The molecule has 5 unspecified atom stereocenters. The highest BCUT2D eigenvalue weighted by Gasteiger charge is 2.30. The lowest BCUT2D eigenvalue weighted by molar-refractivity contribution is -0.161. The highest BCUT2D eigenvalue weighted by Crippen LogP contribution is 2.45. The average molecular weight is 1500 g/mol. The van der Waals surface area contributed by atoms with Gasteiger partial charge in [0, 0.05) is 25.7 Å². The molecule has 0 saturated carbocycles. The van der Waals surface area contributed by atoms with Crippen LogP contribution in [0.1, 0.15) is 336 Å². The molecule has 0 aliphatic rings. The molecule has 0 amide bonds. The third-order valence-corrected chi connectivity index (χ3v) is 18.8. The SMILES string of the molecule is CC/C=C\C/C=C\C/C=C\C/C=C\CCCCCCCCC(=O)OCC(COP(=O)(O)OCC(O)COP(=O)(O)OCC(COC(=O)CCCCCCC/C=C\C/C=C\C/C=C\CC)OC(=O)CCCCCCCCCCCCCCCCC)OC(=O)CCCCCCC/C=C\C/C=C\C/C=C\CC. The highest BCUT2D eigenvalue weighted by atomic mass is 31.2. The van der Waals surface area contributed by atoms with Gasteiger partial charge >= 0.3 is 39.5 Å². The van der Waals surface area contributed by atoms with E-state index in [1.54, 1.807) is 0 Å². The van der Waals surface area contributed by atoms with E-state index in [-0.39, 0.29) is 25.7 Å². The number of esters is 4. The lowest BCUT2D eigenvalue weighted by Gasteiger charge is -2.21. The number of carbonyl (C=O) groups is 4. The monoisotopic (exact) mass is 1500 g/mol. The number of hydrogen-bond donors (Lipinski definition) is 3. The van der Waals surface area contributed by atoms with Crippen LogP contribution in [0, 0.1) is 0 Å². The Labute approximate surface area is 632 Å². The quantitative estimate of drug-likeness (QED) is 0.0169. The Kier molecular flexibility index (Phi) is 73.3. The van der Waals surface area contributed by atoms with Crippen molar-refractivity contribution in [1.82, 2.24) is 0 Å². The van der Waals surface area contributed by atoms with Gasteiger partial charge in [-0.3, -0.25) is 37.3 Å². The zero-order valence-corrected chi connectivity index (χ0v) is 67.2. The maximum absolute atomic E-state index is 13.1. The molecule has 0 aromatic rings. The minimum atomic E-state index is -4.99. The summed E-state index contributed by atoms with van der Waals surface area (Å²) in [6.45, 7) is 4.53. The van der Waals surface area contributed by atoms with Gasteiger partial charge in [-0.1, -0.05) is 303 Å². The van der Waals surface area contributed by atoms with E-state index in [9.17, 15) is 43.2 Å². The van der Waals surface area contributed by atoms with E-state index in [1.807, 2.05) is 0 Å². The van der Waals surface area contributed by atoms with E-state index >= 15 is 0 Å². The molecule has 17 nitrogen and oxygen atoms in total. The van der Waals surface area contributed by atoms with Crippen LogP contribution in [0.2, 0.25) is 0 Å². The summed E-state index contributed by atoms with van der Waals surface area (Å²) in [6, 6.07) is 0. The number of aliphatic hydroxyl groups excluding tert-OH is 1. The fourth-order valence-corrected chi connectivity index (χ4v) is 12.4. The van der Waals surface area contributed by atoms with Crippen molar-refractivity contribution in [1.29, 1.82) is 0 Å². The third kappa shape index (κ3) is 75.7. The van der Waals surface area contributed by atoms with Gasteiger partial charge in [0.15, 0.2) is 12.2 Å². The summed E-state index contributed by atoms with van der Waals surface area (Å²) in [6.07, 6.45) is 84.5. The van der Waals surface area contributed by atoms with Gasteiger partial charge in [-0.05, 0) is 128 Å². The molecule has 0 aliphatic heterocycles. The van der Waals surface area contributed by atoms with Gasteiger partial charge in [0.05, 0.1) is 26.4 Å². The van der Waals surface area contributed by atoms with Crippen molar-refractivity contribution in [2.24, 2.45) is 0 Å². The number of carbonyl (C=O) groups excluding carboxylic acids is 4. The normalized spacial score (nSPS) is 14.5. The second-order valence-corrected chi connectivity index (χ2v) is 29.8. The molecular formula is C85H146O17P2. The number of phosphoric ester groups is 2. The summed E-state index contributed by atoms with van der Waals surface area (Å²) in [7, 11) is -9.97. The van der Waals surface area contributed by atoms with Crippen LogP contribution < -0.4 is 0 Å². The van der Waals surface area contributed by atoms with E-state index in [4.69, 9.17) is 37.0 Å². The molecule has 0 spiro atoms. The summed E-state index contributed by atoms with van der Waals surface area (Å²) in [5, 5.41) is 10.7. The Balaban J connectivity index is 5.38. The molecule has 104 heavy (non-hydrogen) atoms. The number of unbranched alkanes of at least 4 members (excludes halogenated alkanes) is 30. The van der Waals surface area contributed by atoms with E-state index in [0.29, 0.717) is 25.7 Å². The number of hydrogen-bond acceptors (Lipinski definition) is 15. The molecule has 3 N–H and O–H groups in total. The van der Waals surface area contributed by atoms with Gasteiger partial charge in [0.25, 0.3) is 0 Å². The largest absolute Gasteiger partial charge is 0.472 e. The summed E-state index contributed by atoms with van der Waals surface area (Å²) in [5.74, 6) is -2.21. The number of aliphatic hydroxyl groups is 1. The topological polar surface area (TPSA) is 237 Å². The second-order valence-electron chi connectivity index (χ2n) is 26.9. The van der Waals surface area contributed by atoms with Gasteiger partial charge < -0.3 is 33.8 Å². The summed E-state index contributed by atoms with van der Waals surface area (Å²) < 4.78 is 68.7. The van der Waals surface area contributed by atoms with Crippen LogP contribution in [0.15, 0.2) is 122 Å². The molecular weight excluding hydrogens is 1350 g/mol. The summed E-state index contributed by atoms with van der Waals surface area (Å²) in [5.41, 5.74) is 0. The van der Waals surface area contributed by atoms with E-state index in [0.717, 1.165) is 193 Å². The van der Waals surface area contributed by atoms with Crippen molar-refractivity contribution in [3.63, 3.8) is 0 Å². The molecule has 0 aromatic heterocycles. The first-order valence-electron chi connectivity index (χ1n) is 40.8. The van der Waals surface area contributed by atoms with Crippen molar-refractivity contribution in [2.45, 2.75) is 354 Å². The molecule has 0 saturated heterocycles. The van der Waals surface area contributed by atoms with Gasteiger partial charge in [-0.25, -0.2) is 9.13 Å². The third-order valence-electron chi connectivity index (χ3n) is 16.9. The first kappa shape index (κ1) is 99.5. The van der Waals surface area contributed by atoms with Crippen molar-refractivity contribution in [3.05, 3.63) is 122 Å². The molecule has 19 heteroatoms. The standard InChI is InChI=1S/C85H146O17P2/c1-5-9-13-17-21-25-29-33-37-38-39-40-44-46-50-54-58-62-66-70-83(88)96-76-81(102-85(90)72-68-64-60-56-52-48-43-36-32-28-24-20-16-12-8-4)78-100-104(93,94)98-74-79(86)73-97-103(91,92)99-77-80(101-84(89)71-67-63-59-55-51-47-42-35-31-27-23-19-15-11-7-3)75-95-82(87)69-65-61-57-53-49-45-41-34-30-26-22-18-14-10-6-2/h9-10,12-14,16,21-22,24-26,28,33-34,36-37,39-41,43,79-81,86H,5-8,11,15,17-20,23,27,29-32,35,38,42,44-78H2,1-4H3,(H,91,92)(H,93,94)/b13-9-,14-10-,16-12-,25-21-,26-22-,28-24-,37-33-,40-39-,41-34-,43-36-. The average Bonchev–Trinajstić information content (AvgIpc) is 0.918. The Morgan fingerprint density at radius 1 is 0.279 bits per heavy atom. The number of rotatable bonds is 76. The fraction of sp³-hybridized carbons (Fsp3) is 0.718. The van der Waals surface area contributed by atoms with Crippen LogP contribution in [0.5, 0.6) is 0 Å². The highest BCUT2D eigenvalue weighted by molar-refractivity contribution is 7.47. The van der Waals surface area contributed by atoms with E-state index in [1.165, 1.54) is 64.2 Å². The Hall–Kier alpha value is -4.54. The minimum Gasteiger partial charge on any atom is -0.462 e. The van der Waals surface area contributed by atoms with Crippen LogP contribution in [0.3, 0.4) is 0 Å². The molecule has 598 valence electrons. The van der Waals surface area contributed by atoms with Gasteiger partial charge in [-0.15, -0.1) is 0 Å². The van der Waals surface area contributed by atoms with Crippen LogP contribution in [-0.4, -0.2) is 96.7 Å². The number of phosphoric acid groups is 2. The maximum atomic E-state index is 13.1. The zero-order valence-electron chi connectivity index (χ0n) is 65.4. The molecule has 0 aliphatic carbocycles. The van der Waals surface area contributed by atoms with Gasteiger partial charge in [-0.2, -0.15) is 0 Å². The minimum absolute atomic E-state index is 0.0701. The lowest BCUT2D eigenvalue weighted by atomic mass is 10.0. The smallest absolute Gasteiger partial charge is 0.462 e. The summed E-state index contributed by atoms with van der Waals surface area (Å²) >= 11 is 0. The van der Waals surface area contributed by atoms with Crippen LogP contribution >= 0.6 is 15.6 Å². The fourth-order valence-electron chi connectivity index (χ4n) is 10.8. The van der Waals surface area contributed by atoms with Crippen molar-refractivity contribution < 1.29 is 80.2 Å². The maximum Gasteiger partial charge on any atom is 0.472 e. The van der Waals surface area contributed by atoms with E-state index in [2.05, 4.69) is 149 Å². The first-order valence-corrected chi connectivity index (χ1v) is 43.8. The van der Waals surface area contributed by atoms with Crippen molar-refractivity contribution in [3.8, 4) is 0 Å². The number of allylic oxidation sites excluding steroid dienone is 20. The van der Waals surface area contributed by atoms with Crippen LogP contribution in [-0.2, 0) is 65.4 Å². The zero-order chi connectivity index (χ0) is 76.0.